The summed E-state index contributed by atoms with van der Waals surface area (Å²) in [7, 11) is 0. The first-order valence-electron chi connectivity index (χ1n) is 5.21. The second-order valence-electron chi connectivity index (χ2n) is 3.53. The SMILES string of the molecule is OC(CCl)CNc1cc(F)ccc1OCC(F)F. The lowest BCUT2D eigenvalue weighted by molar-refractivity contribution is 0.0822. The fourth-order valence-corrected chi connectivity index (χ4v) is 1.31. The van der Waals surface area contributed by atoms with Gasteiger partial charge in [0, 0.05) is 12.6 Å². The average Bonchev–Trinajstić information content (AvgIpc) is 2.34. The molecule has 0 aliphatic rings. The minimum atomic E-state index is -2.61. The number of hydrogen-bond acceptors (Lipinski definition) is 3. The van der Waals surface area contributed by atoms with E-state index in [0.717, 1.165) is 12.1 Å². The summed E-state index contributed by atoms with van der Waals surface area (Å²) in [6.45, 7) is -0.712. The Labute approximate surface area is 108 Å². The third-order valence-corrected chi connectivity index (χ3v) is 2.37. The second-order valence-corrected chi connectivity index (χ2v) is 3.84. The van der Waals surface area contributed by atoms with Crippen LogP contribution >= 0.6 is 11.6 Å². The Morgan fingerprint density at radius 1 is 1.39 bits per heavy atom. The van der Waals surface area contributed by atoms with E-state index in [-0.39, 0.29) is 23.9 Å². The summed E-state index contributed by atoms with van der Waals surface area (Å²) in [5.74, 6) is -0.434. The van der Waals surface area contributed by atoms with Gasteiger partial charge in [0.2, 0.25) is 0 Å². The van der Waals surface area contributed by atoms with Crippen molar-refractivity contribution in [3.05, 3.63) is 24.0 Å². The maximum absolute atomic E-state index is 13.0. The van der Waals surface area contributed by atoms with Crippen molar-refractivity contribution < 1.29 is 23.0 Å². The van der Waals surface area contributed by atoms with Crippen molar-refractivity contribution >= 4 is 17.3 Å². The summed E-state index contributed by atoms with van der Waals surface area (Å²) in [4.78, 5) is 0. The van der Waals surface area contributed by atoms with E-state index in [4.69, 9.17) is 16.3 Å². The molecule has 0 aromatic heterocycles. The van der Waals surface area contributed by atoms with Gasteiger partial charge in [0.1, 0.15) is 18.2 Å². The summed E-state index contributed by atoms with van der Waals surface area (Å²) < 4.78 is 41.9. The summed E-state index contributed by atoms with van der Waals surface area (Å²) in [6.07, 6.45) is -3.44. The molecule has 2 N–H and O–H groups in total. The highest BCUT2D eigenvalue weighted by atomic mass is 35.5. The quantitative estimate of drug-likeness (QED) is 0.756. The number of nitrogens with one attached hydrogen (secondary N) is 1. The molecule has 18 heavy (non-hydrogen) atoms. The Morgan fingerprint density at radius 3 is 2.72 bits per heavy atom. The Morgan fingerprint density at radius 2 is 2.11 bits per heavy atom. The molecule has 102 valence electrons. The van der Waals surface area contributed by atoms with Crippen LogP contribution in [-0.4, -0.2) is 36.7 Å². The molecule has 3 nitrogen and oxygen atoms in total. The highest BCUT2D eigenvalue weighted by molar-refractivity contribution is 6.18. The minimum Gasteiger partial charge on any atom is -0.485 e. The highest BCUT2D eigenvalue weighted by Gasteiger charge is 2.10. The van der Waals surface area contributed by atoms with Crippen LogP contribution in [0.25, 0.3) is 0 Å². The van der Waals surface area contributed by atoms with Gasteiger partial charge in [0.05, 0.1) is 17.7 Å². The third kappa shape index (κ3) is 5.01. The zero-order valence-electron chi connectivity index (χ0n) is 9.38. The van der Waals surface area contributed by atoms with E-state index in [2.05, 4.69) is 5.32 Å². The van der Waals surface area contributed by atoms with Crippen molar-refractivity contribution in [2.24, 2.45) is 0 Å². The van der Waals surface area contributed by atoms with E-state index in [1.54, 1.807) is 0 Å². The van der Waals surface area contributed by atoms with Gasteiger partial charge in [-0.2, -0.15) is 0 Å². The maximum atomic E-state index is 13.0. The molecular weight excluding hydrogens is 271 g/mol. The largest absolute Gasteiger partial charge is 0.485 e. The molecule has 1 unspecified atom stereocenters. The topological polar surface area (TPSA) is 41.5 Å². The van der Waals surface area contributed by atoms with Crippen LogP contribution in [0.4, 0.5) is 18.9 Å². The molecule has 1 aromatic rings. The first kappa shape index (κ1) is 14.9. The summed E-state index contributed by atoms with van der Waals surface area (Å²) in [6, 6.07) is 3.44. The number of ether oxygens (including phenoxy) is 1. The highest BCUT2D eigenvalue weighted by Crippen LogP contribution is 2.25. The fourth-order valence-electron chi connectivity index (χ4n) is 1.20. The van der Waals surface area contributed by atoms with Gasteiger partial charge < -0.3 is 15.2 Å². The summed E-state index contributed by atoms with van der Waals surface area (Å²) in [5, 5.41) is 11.9. The lowest BCUT2D eigenvalue weighted by Crippen LogP contribution is -2.21. The van der Waals surface area contributed by atoms with Gasteiger partial charge in [-0.3, -0.25) is 0 Å². The summed E-state index contributed by atoms with van der Waals surface area (Å²) >= 11 is 5.40. The monoisotopic (exact) mass is 283 g/mol. The van der Waals surface area contributed by atoms with E-state index < -0.39 is 25.0 Å². The minimum absolute atomic E-state index is 0.00946. The molecule has 0 spiro atoms. The number of hydrogen-bond donors (Lipinski definition) is 2. The number of halogens is 4. The number of benzene rings is 1. The molecule has 0 amide bonds. The molecule has 0 heterocycles. The van der Waals surface area contributed by atoms with E-state index in [9.17, 15) is 18.3 Å². The third-order valence-electron chi connectivity index (χ3n) is 2.01. The zero-order valence-corrected chi connectivity index (χ0v) is 10.1. The van der Waals surface area contributed by atoms with Gasteiger partial charge >= 0.3 is 0 Å². The van der Waals surface area contributed by atoms with Crippen molar-refractivity contribution in [1.82, 2.24) is 0 Å². The van der Waals surface area contributed by atoms with Crippen molar-refractivity contribution in [1.29, 1.82) is 0 Å². The van der Waals surface area contributed by atoms with Gasteiger partial charge in [0.15, 0.2) is 0 Å². The van der Waals surface area contributed by atoms with E-state index in [0.29, 0.717) is 0 Å². The number of alkyl halides is 3. The average molecular weight is 284 g/mol. The lowest BCUT2D eigenvalue weighted by atomic mass is 10.2. The predicted molar refractivity (Wildman–Crippen MR) is 63.1 cm³/mol. The van der Waals surface area contributed by atoms with Gasteiger partial charge in [-0.25, -0.2) is 13.2 Å². The molecule has 0 fully saturated rings. The van der Waals surface area contributed by atoms with E-state index >= 15 is 0 Å². The molecule has 1 aromatic carbocycles. The molecule has 0 radical (unpaired) electrons. The number of aliphatic hydroxyl groups excluding tert-OH is 1. The Balaban J connectivity index is 2.70. The summed E-state index contributed by atoms with van der Waals surface area (Å²) in [5.41, 5.74) is 0.194. The molecule has 0 saturated carbocycles. The van der Waals surface area contributed by atoms with Crippen LogP contribution in [0.3, 0.4) is 0 Å². The van der Waals surface area contributed by atoms with Gasteiger partial charge in [-0.1, -0.05) is 0 Å². The van der Waals surface area contributed by atoms with Crippen LogP contribution in [0.2, 0.25) is 0 Å². The maximum Gasteiger partial charge on any atom is 0.272 e. The van der Waals surface area contributed by atoms with Crippen LogP contribution in [-0.2, 0) is 0 Å². The smallest absolute Gasteiger partial charge is 0.272 e. The zero-order chi connectivity index (χ0) is 13.5. The number of rotatable bonds is 7. The van der Waals surface area contributed by atoms with Crippen LogP contribution in [0, 0.1) is 5.82 Å². The van der Waals surface area contributed by atoms with E-state index in [1.807, 2.05) is 0 Å². The van der Waals surface area contributed by atoms with Crippen molar-refractivity contribution in [3.8, 4) is 5.75 Å². The van der Waals surface area contributed by atoms with Crippen LogP contribution in [0.15, 0.2) is 18.2 Å². The molecule has 0 bridgehead atoms. The standard InChI is InChI=1S/C11H13ClF3NO2/c12-4-8(17)5-16-9-3-7(13)1-2-10(9)18-6-11(14)15/h1-3,8,11,16-17H,4-6H2. The molecule has 0 saturated heterocycles. The molecule has 7 heteroatoms. The van der Waals surface area contributed by atoms with Crippen molar-refractivity contribution in [3.63, 3.8) is 0 Å². The van der Waals surface area contributed by atoms with Gasteiger partial charge in [-0.05, 0) is 12.1 Å². The van der Waals surface area contributed by atoms with E-state index in [1.165, 1.54) is 6.07 Å². The molecule has 1 rings (SSSR count). The van der Waals surface area contributed by atoms with Gasteiger partial charge in [-0.15, -0.1) is 11.6 Å². The predicted octanol–water partition coefficient (Wildman–Crippen LogP) is 2.48. The molecular formula is C11H13ClF3NO2. The van der Waals surface area contributed by atoms with Crippen LogP contribution < -0.4 is 10.1 Å². The number of anilines is 1. The molecule has 1 atom stereocenters. The van der Waals surface area contributed by atoms with Crippen LogP contribution in [0.1, 0.15) is 0 Å². The second kappa shape index (κ2) is 7.33. The molecule has 0 aliphatic carbocycles. The first-order valence-corrected chi connectivity index (χ1v) is 5.74. The normalized spacial score (nSPS) is 12.6. The van der Waals surface area contributed by atoms with Gasteiger partial charge in [0.25, 0.3) is 6.43 Å². The molecule has 0 aliphatic heterocycles. The fraction of sp³-hybridized carbons (Fsp3) is 0.455. The van der Waals surface area contributed by atoms with Crippen LogP contribution in [0.5, 0.6) is 5.75 Å². The van der Waals surface area contributed by atoms with Crippen molar-refractivity contribution in [2.75, 3.05) is 24.3 Å². The van der Waals surface area contributed by atoms with Crippen molar-refractivity contribution in [2.45, 2.75) is 12.5 Å². The Bertz CT molecular complexity index is 379. The Hall–Kier alpha value is -1.14. The Kier molecular flexibility index (Phi) is 6.07. The first-order chi connectivity index (χ1) is 8.52. The lowest BCUT2D eigenvalue weighted by Gasteiger charge is -2.14. The number of aliphatic hydroxyl groups is 1.